The maximum atomic E-state index is 12.0. The summed E-state index contributed by atoms with van der Waals surface area (Å²) >= 11 is 0. The summed E-state index contributed by atoms with van der Waals surface area (Å²) in [4.78, 5) is 20.0. The summed E-state index contributed by atoms with van der Waals surface area (Å²) < 4.78 is 5.41. The smallest absolute Gasteiger partial charge is 0.271 e. The number of carbonyl (C=O) groups excluding carboxylic acids is 1. The zero-order valence-corrected chi connectivity index (χ0v) is 12.6. The molecule has 2 aromatic rings. The Kier molecular flexibility index (Phi) is 4.09. The normalized spacial score (nSPS) is 13.8. The molecule has 6 heteroatoms. The largest absolute Gasteiger partial charge is 0.466 e. The SMILES string of the molecule is Cc1cnc(C(=O)NCC(C)(O)c2cc(C)oc2C)cn1. The van der Waals surface area contributed by atoms with E-state index in [0.29, 0.717) is 11.3 Å². The second-order valence-corrected chi connectivity index (χ2v) is 5.33. The Morgan fingerprint density at radius 2 is 2.05 bits per heavy atom. The lowest BCUT2D eigenvalue weighted by atomic mass is 9.96. The second kappa shape index (κ2) is 5.65. The predicted octanol–water partition coefficient (Wildman–Crippen LogP) is 1.63. The first-order valence-electron chi connectivity index (χ1n) is 6.66. The van der Waals surface area contributed by atoms with Gasteiger partial charge in [0.2, 0.25) is 0 Å². The number of aliphatic hydroxyl groups is 1. The first-order valence-corrected chi connectivity index (χ1v) is 6.66. The second-order valence-electron chi connectivity index (χ2n) is 5.33. The van der Waals surface area contributed by atoms with Crippen molar-refractivity contribution in [1.29, 1.82) is 0 Å². The number of aromatic nitrogens is 2. The highest BCUT2D eigenvalue weighted by Crippen LogP contribution is 2.26. The molecule has 0 saturated heterocycles. The molecule has 2 rings (SSSR count). The summed E-state index contributed by atoms with van der Waals surface area (Å²) in [5, 5.41) is 13.2. The van der Waals surface area contributed by atoms with Gasteiger partial charge in [-0.1, -0.05) is 0 Å². The summed E-state index contributed by atoms with van der Waals surface area (Å²) in [5.41, 5.74) is 0.408. The van der Waals surface area contributed by atoms with Crippen molar-refractivity contribution in [2.45, 2.75) is 33.3 Å². The summed E-state index contributed by atoms with van der Waals surface area (Å²) in [6, 6.07) is 1.77. The summed E-state index contributed by atoms with van der Waals surface area (Å²) in [6.07, 6.45) is 2.93. The first kappa shape index (κ1) is 15.2. The van der Waals surface area contributed by atoms with Gasteiger partial charge in [-0.05, 0) is 33.8 Å². The molecule has 0 aromatic carbocycles. The third-order valence-electron chi connectivity index (χ3n) is 3.23. The van der Waals surface area contributed by atoms with Gasteiger partial charge in [0, 0.05) is 11.8 Å². The zero-order valence-electron chi connectivity index (χ0n) is 12.6. The molecule has 112 valence electrons. The standard InChI is InChI=1S/C15H19N3O3/c1-9-6-17-13(7-16-9)14(19)18-8-15(4,20)12-5-10(2)21-11(12)3/h5-7,20H,8H2,1-4H3,(H,18,19). The Hall–Kier alpha value is -2.21. The molecular weight excluding hydrogens is 270 g/mol. The molecule has 0 spiro atoms. The molecule has 21 heavy (non-hydrogen) atoms. The van der Waals surface area contributed by atoms with Crippen LogP contribution < -0.4 is 5.32 Å². The van der Waals surface area contributed by atoms with E-state index in [1.165, 1.54) is 12.4 Å². The highest BCUT2D eigenvalue weighted by molar-refractivity contribution is 5.91. The van der Waals surface area contributed by atoms with Crippen LogP contribution in [-0.2, 0) is 5.60 Å². The Morgan fingerprint density at radius 3 is 2.57 bits per heavy atom. The summed E-state index contributed by atoms with van der Waals surface area (Å²) in [5.74, 6) is 0.987. The molecule has 0 aliphatic carbocycles. The van der Waals surface area contributed by atoms with E-state index in [4.69, 9.17) is 4.42 Å². The fourth-order valence-electron chi connectivity index (χ4n) is 2.11. The minimum atomic E-state index is -1.21. The van der Waals surface area contributed by atoms with E-state index < -0.39 is 5.60 Å². The van der Waals surface area contributed by atoms with Gasteiger partial charge in [-0.3, -0.25) is 9.78 Å². The summed E-state index contributed by atoms with van der Waals surface area (Å²) in [7, 11) is 0. The third-order valence-corrected chi connectivity index (χ3v) is 3.23. The van der Waals surface area contributed by atoms with E-state index in [9.17, 15) is 9.90 Å². The van der Waals surface area contributed by atoms with Gasteiger partial charge in [0.25, 0.3) is 5.91 Å². The van der Waals surface area contributed by atoms with Gasteiger partial charge in [0.05, 0.1) is 18.4 Å². The molecule has 0 bridgehead atoms. The van der Waals surface area contributed by atoms with E-state index in [-0.39, 0.29) is 18.1 Å². The van der Waals surface area contributed by atoms with Gasteiger partial charge in [-0.15, -0.1) is 0 Å². The van der Waals surface area contributed by atoms with Crippen molar-refractivity contribution < 1.29 is 14.3 Å². The van der Waals surface area contributed by atoms with Crippen LogP contribution in [0.15, 0.2) is 22.9 Å². The van der Waals surface area contributed by atoms with Gasteiger partial charge in [0.1, 0.15) is 22.8 Å². The molecule has 0 saturated carbocycles. The number of hydrogen-bond acceptors (Lipinski definition) is 5. The lowest BCUT2D eigenvalue weighted by Crippen LogP contribution is -2.39. The number of carbonyl (C=O) groups is 1. The van der Waals surface area contributed by atoms with Gasteiger partial charge >= 0.3 is 0 Å². The van der Waals surface area contributed by atoms with Crippen molar-refractivity contribution in [3.63, 3.8) is 0 Å². The summed E-state index contributed by atoms with van der Waals surface area (Å²) in [6.45, 7) is 7.08. The predicted molar refractivity (Wildman–Crippen MR) is 76.9 cm³/mol. The molecule has 1 atom stereocenters. The molecular formula is C15H19N3O3. The van der Waals surface area contributed by atoms with Crippen molar-refractivity contribution in [2.24, 2.45) is 0 Å². The van der Waals surface area contributed by atoms with E-state index >= 15 is 0 Å². The molecule has 2 N–H and O–H groups in total. The number of aryl methyl sites for hydroxylation is 3. The van der Waals surface area contributed by atoms with E-state index in [0.717, 1.165) is 11.5 Å². The zero-order chi connectivity index (χ0) is 15.6. The minimum Gasteiger partial charge on any atom is -0.466 e. The fourth-order valence-corrected chi connectivity index (χ4v) is 2.11. The van der Waals surface area contributed by atoms with Crippen molar-refractivity contribution in [3.05, 3.63) is 46.9 Å². The van der Waals surface area contributed by atoms with Gasteiger partial charge in [-0.2, -0.15) is 0 Å². The van der Waals surface area contributed by atoms with Gasteiger partial charge in [-0.25, -0.2) is 4.98 Å². The topological polar surface area (TPSA) is 88.2 Å². The van der Waals surface area contributed by atoms with E-state index in [1.807, 2.05) is 6.92 Å². The number of nitrogens with one attached hydrogen (secondary N) is 1. The van der Waals surface area contributed by atoms with Crippen LogP contribution in [0.2, 0.25) is 0 Å². The van der Waals surface area contributed by atoms with Crippen LogP contribution >= 0.6 is 0 Å². The van der Waals surface area contributed by atoms with Crippen LogP contribution in [0.25, 0.3) is 0 Å². The monoisotopic (exact) mass is 289 g/mol. The van der Waals surface area contributed by atoms with Crippen LogP contribution in [0, 0.1) is 20.8 Å². The molecule has 0 radical (unpaired) electrons. The van der Waals surface area contributed by atoms with E-state index in [1.54, 1.807) is 26.8 Å². The quantitative estimate of drug-likeness (QED) is 0.893. The molecule has 0 aliphatic heterocycles. The Morgan fingerprint density at radius 1 is 1.33 bits per heavy atom. The molecule has 2 aromatic heterocycles. The van der Waals surface area contributed by atoms with Gasteiger partial charge < -0.3 is 14.8 Å². The van der Waals surface area contributed by atoms with Crippen LogP contribution in [0.4, 0.5) is 0 Å². The minimum absolute atomic E-state index is 0.0567. The maximum Gasteiger partial charge on any atom is 0.271 e. The molecule has 1 amide bonds. The molecule has 0 aliphatic rings. The van der Waals surface area contributed by atoms with Crippen molar-refractivity contribution in [2.75, 3.05) is 6.54 Å². The first-order chi connectivity index (χ1) is 9.79. The number of furan rings is 1. The van der Waals surface area contributed by atoms with E-state index in [2.05, 4.69) is 15.3 Å². The molecule has 6 nitrogen and oxygen atoms in total. The lowest BCUT2D eigenvalue weighted by molar-refractivity contribution is 0.0512. The molecule has 2 heterocycles. The van der Waals surface area contributed by atoms with Crippen LogP contribution in [0.5, 0.6) is 0 Å². The third kappa shape index (κ3) is 3.46. The van der Waals surface area contributed by atoms with Crippen LogP contribution in [0.3, 0.4) is 0 Å². The number of nitrogens with zero attached hydrogens (tertiary/aromatic N) is 2. The van der Waals surface area contributed by atoms with Gasteiger partial charge in [0.15, 0.2) is 0 Å². The van der Waals surface area contributed by atoms with Crippen molar-refractivity contribution in [3.8, 4) is 0 Å². The number of rotatable bonds is 4. The lowest BCUT2D eigenvalue weighted by Gasteiger charge is -2.23. The fraction of sp³-hybridized carbons (Fsp3) is 0.400. The highest BCUT2D eigenvalue weighted by atomic mass is 16.3. The Labute approximate surface area is 123 Å². The molecule has 1 unspecified atom stereocenters. The molecule has 0 fully saturated rings. The Bertz CT molecular complexity index is 645. The van der Waals surface area contributed by atoms with Crippen LogP contribution in [-0.4, -0.2) is 27.5 Å². The number of amides is 1. The average Bonchev–Trinajstić information content (AvgIpc) is 2.77. The Balaban J connectivity index is 2.06. The highest BCUT2D eigenvalue weighted by Gasteiger charge is 2.28. The average molecular weight is 289 g/mol. The van der Waals surface area contributed by atoms with Crippen molar-refractivity contribution in [1.82, 2.24) is 15.3 Å². The number of hydrogen-bond donors (Lipinski definition) is 2. The van der Waals surface area contributed by atoms with Crippen molar-refractivity contribution >= 4 is 5.91 Å². The van der Waals surface area contributed by atoms with Crippen LogP contribution in [0.1, 0.15) is 40.2 Å². The maximum absolute atomic E-state index is 12.0.